The molecule has 0 aliphatic rings. The van der Waals surface area contributed by atoms with Crippen molar-refractivity contribution < 1.29 is 67.4 Å². The molecule has 1 rings (SSSR count). The summed E-state index contributed by atoms with van der Waals surface area (Å²) in [6, 6.07) is -6.53. The number of rotatable bonds is 53. The van der Waals surface area contributed by atoms with Crippen LogP contribution in [0, 0.1) is 29.6 Å². The monoisotopic (exact) mass is 1460 g/mol. The molecule has 586 valence electrons. The van der Waals surface area contributed by atoms with Gasteiger partial charge in [0.2, 0.25) is 70.9 Å². The van der Waals surface area contributed by atoms with Gasteiger partial charge in [-0.2, -0.15) is 0 Å². The fourth-order valence-corrected chi connectivity index (χ4v) is 11.2. The van der Waals surface area contributed by atoms with Crippen LogP contribution in [0.4, 0.5) is 0 Å². The van der Waals surface area contributed by atoms with Gasteiger partial charge in [0.05, 0.1) is 6.04 Å². The van der Waals surface area contributed by atoms with Crippen LogP contribution in [0.2, 0.25) is 0 Å². The van der Waals surface area contributed by atoms with E-state index in [2.05, 4.69) is 63.8 Å². The van der Waals surface area contributed by atoms with Crippen LogP contribution in [-0.4, -0.2) is 187 Å². The minimum atomic E-state index is -1.31. The Balaban J connectivity index is 3.41. The molecule has 31 nitrogen and oxygen atoms in total. The molecule has 0 bridgehead atoms. The zero-order chi connectivity index (χ0) is 78.1. The van der Waals surface area contributed by atoms with E-state index >= 15 is 0 Å². The van der Waals surface area contributed by atoms with Crippen molar-refractivity contribution in [3.63, 3.8) is 0 Å². The van der Waals surface area contributed by atoms with Crippen LogP contribution in [0.5, 0.6) is 0 Å². The van der Waals surface area contributed by atoms with Crippen LogP contribution < -0.4 is 92.5 Å². The smallest absolute Gasteiger partial charge is 0.326 e. The van der Waals surface area contributed by atoms with Crippen molar-refractivity contribution in [1.29, 1.82) is 0 Å². The highest BCUT2D eigenvalue weighted by Crippen LogP contribution is 2.16. The summed E-state index contributed by atoms with van der Waals surface area (Å²) in [5.74, 6) is -11.0. The number of amides is 12. The van der Waals surface area contributed by atoms with Crippen molar-refractivity contribution in [3.05, 3.63) is 35.9 Å². The Morgan fingerprint density at radius 3 is 0.893 bits per heavy atom. The van der Waals surface area contributed by atoms with Crippen LogP contribution in [0.3, 0.4) is 0 Å². The molecule has 0 saturated carbocycles. The Kier molecular flexibility index (Phi) is 45.7. The molecule has 14 atom stereocenters. The van der Waals surface area contributed by atoms with E-state index in [-0.39, 0.29) is 101 Å². The van der Waals surface area contributed by atoms with Gasteiger partial charge in [0.25, 0.3) is 0 Å². The highest BCUT2D eigenvalue weighted by molar-refractivity contribution is 5.99. The normalized spacial score (nSPS) is 15.5. The number of hydrogen-bond acceptors (Lipinski definition) is 18. The maximum Gasteiger partial charge on any atom is 0.326 e. The highest BCUT2D eigenvalue weighted by Gasteiger charge is 2.37. The minimum Gasteiger partial charge on any atom is -0.480 e. The van der Waals surface area contributed by atoms with Gasteiger partial charge in [-0.3, -0.25) is 57.5 Å². The zero-order valence-corrected chi connectivity index (χ0v) is 63.5. The molecule has 1 aromatic rings. The maximum absolute atomic E-state index is 14.4. The molecule has 0 radical (unpaired) electrons. The molecule has 12 amide bonds. The standard InChI is InChI=1S/C72H129N17O14/c1-14-45(10)59(71(101)88-58(72(102)103)39-44(8)9)89-67(97)54(31-21-25-35-76)84-64(94)51(28-18-22-32-73)81-61(91)47(12)79-68(98)55(36-41(2)3)85-65(95)52(29-19-23-33-74)83-62(92)48(13)80-69(99)56(37-42(4)5)87-70(100)57(38-43(6)7)86-66(96)53(30-20-24-34-75)82-60(90)46(11)78-63(93)50(77)40-49-26-16-15-17-27-49/h15-17,26-27,41-48,50-59H,14,18-25,28-40,73-77H2,1-13H3,(H,78,93)(H,79,98)(H,80,99)(H,81,91)(H,82,90)(H,83,92)(H,84,94)(H,85,95)(H,86,96)(H,87,100)(H,88,101)(H,89,97)(H,102,103)/t45-,46-,47-,48-,50-,51-,52-,53-,54-,55-,56-,57-,58-,59-/m0/s1. The number of carboxylic acids is 1. The number of benzene rings is 1. The largest absolute Gasteiger partial charge is 0.480 e. The van der Waals surface area contributed by atoms with Crippen molar-refractivity contribution in [1.82, 2.24) is 63.8 Å². The predicted octanol–water partition coefficient (Wildman–Crippen LogP) is 0.265. The van der Waals surface area contributed by atoms with Crippen LogP contribution in [0.25, 0.3) is 0 Å². The number of nitrogens with one attached hydrogen (secondary N) is 12. The molecule has 31 heteroatoms. The first-order chi connectivity index (χ1) is 48.5. The Morgan fingerprint density at radius 1 is 0.330 bits per heavy atom. The van der Waals surface area contributed by atoms with Crippen molar-refractivity contribution in [2.45, 2.75) is 284 Å². The van der Waals surface area contributed by atoms with E-state index in [0.717, 1.165) is 5.56 Å². The zero-order valence-electron chi connectivity index (χ0n) is 63.5. The van der Waals surface area contributed by atoms with E-state index < -0.39 is 161 Å². The molecule has 0 saturated heterocycles. The Morgan fingerprint density at radius 2 is 0.592 bits per heavy atom. The SMILES string of the molecule is CC[C@H](C)[C@H](NC(=O)[C@H](CCCCN)NC(=O)[C@H](CCCCN)NC(=O)[C@H](C)NC(=O)[C@H](CC(C)C)NC(=O)[C@H](CCCCN)NC(=O)[C@H](C)NC(=O)[C@H](CC(C)C)NC(=O)[C@H](CC(C)C)NC(=O)[C@H](CCCCN)NC(=O)[C@H](C)NC(=O)[C@@H](N)Cc1ccccc1)C(=O)N[C@@H](CC(C)C)C(=O)O. The summed E-state index contributed by atoms with van der Waals surface area (Å²) in [4.78, 5) is 180. The van der Waals surface area contributed by atoms with Crippen LogP contribution >= 0.6 is 0 Å². The lowest BCUT2D eigenvalue weighted by Crippen LogP contribution is -2.60. The second kappa shape index (κ2) is 50.5. The van der Waals surface area contributed by atoms with E-state index in [1.165, 1.54) is 20.8 Å². The van der Waals surface area contributed by atoms with E-state index in [4.69, 9.17) is 28.7 Å². The fraction of sp³-hybridized carbons (Fsp3) is 0.736. The molecule has 0 heterocycles. The highest BCUT2D eigenvalue weighted by atomic mass is 16.4. The topological polar surface area (TPSA) is 517 Å². The number of carboxylic acid groups (broad SMARTS) is 1. The number of hydrogen-bond donors (Lipinski definition) is 18. The van der Waals surface area contributed by atoms with E-state index in [0.29, 0.717) is 64.3 Å². The van der Waals surface area contributed by atoms with Gasteiger partial charge < -0.3 is 97.6 Å². The second-order valence-electron chi connectivity index (χ2n) is 28.8. The lowest BCUT2D eigenvalue weighted by molar-refractivity contribution is -0.143. The first kappa shape index (κ1) is 93.1. The third kappa shape index (κ3) is 37.4. The van der Waals surface area contributed by atoms with Crippen LogP contribution in [0.15, 0.2) is 30.3 Å². The number of carbonyl (C=O) groups is 13. The number of nitrogens with two attached hydrogens (primary N) is 5. The second-order valence-corrected chi connectivity index (χ2v) is 28.8. The molecule has 0 aromatic heterocycles. The summed E-state index contributed by atoms with van der Waals surface area (Å²) in [6.07, 6.45) is 4.91. The summed E-state index contributed by atoms with van der Waals surface area (Å²) in [7, 11) is 0. The van der Waals surface area contributed by atoms with Crippen molar-refractivity contribution in [2.75, 3.05) is 26.2 Å². The molecular weight excluding hydrogens is 1330 g/mol. The molecule has 0 aliphatic heterocycles. The summed E-state index contributed by atoms with van der Waals surface area (Å²) < 4.78 is 0. The van der Waals surface area contributed by atoms with Gasteiger partial charge in [0.15, 0.2) is 0 Å². The average molecular weight is 1460 g/mol. The molecule has 0 spiro atoms. The first-order valence-corrected chi connectivity index (χ1v) is 37.0. The summed E-state index contributed by atoms with van der Waals surface area (Å²) in [6.45, 7) is 23.4. The van der Waals surface area contributed by atoms with Crippen molar-refractivity contribution in [2.24, 2.45) is 58.3 Å². The summed E-state index contributed by atoms with van der Waals surface area (Å²) in [5.41, 5.74) is 30.2. The predicted molar refractivity (Wildman–Crippen MR) is 395 cm³/mol. The van der Waals surface area contributed by atoms with Gasteiger partial charge >= 0.3 is 5.97 Å². The van der Waals surface area contributed by atoms with Gasteiger partial charge in [-0.15, -0.1) is 0 Å². The van der Waals surface area contributed by atoms with Gasteiger partial charge in [-0.05, 0) is 191 Å². The quantitative estimate of drug-likeness (QED) is 0.0389. The van der Waals surface area contributed by atoms with Gasteiger partial charge in [-0.25, -0.2) is 4.79 Å². The molecule has 0 fully saturated rings. The fourth-order valence-electron chi connectivity index (χ4n) is 11.2. The number of aliphatic carboxylic acids is 1. The molecule has 1 aromatic carbocycles. The maximum atomic E-state index is 14.4. The van der Waals surface area contributed by atoms with E-state index in [9.17, 15) is 67.4 Å². The summed E-state index contributed by atoms with van der Waals surface area (Å²) >= 11 is 0. The third-order valence-electron chi connectivity index (χ3n) is 17.3. The van der Waals surface area contributed by atoms with Gasteiger partial charge in [0, 0.05) is 0 Å². The average Bonchev–Trinajstić information content (AvgIpc) is 0.863. The minimum absolute atomic E-state index is 0.0544. The first-order valence-electron chi connectivity index (χ1n) is 37.0. The molecule has 0 aliphatic carbocycles. The Bertz CT molecular complexity index is 2820. The molecule has 103 heavy (non-hydrogen) atoms. The van der Waals surface area contributed by atoms with Crippen molar-refractivity contribution in [3.8, 4) is 0 Å². The molecule has 0 unspecified atom stereocenters. The van der Waals surface area contributed by atoms with Gasteiger partial charge in [-0.1, -0.05) is 106 Å². The van der Waals surface area contributed by atoms with Crippen LogP contribution in [0.1, 0.15) is 205 Å². The lowest BCUT2D eigenvalue weighted by atomic mass is 9.96. The van der Waals surface area contributed by atoms with Crippen molar-refractivity contribution >= 4 is 76.9 Å². The Hall–Kier alpha value is -7.87. The lowest BCUT2D eigenvalue weighted by Gasteiger charge is -2.29. The third-order valence-corrected chi connectivity index (χ3v) is 17.3. The number of unbranched alkanes of at least 4 members (excludes halogenated alkanes) is 4. The van der Waals surface area contributed by atoms with Crippen LogP contribution in [-0.2, 0) is 68.7 Å². The van der Waals surface area contributed by atoms with E-state index in [1.807, 2.05) is 71.9 Å². The summed E-state index contributed by atoms with van der Waals surface area (Å²) in [5, 5.41) is 42.2. The number of carbonyl (C=O) groups excluding carboxylic acids is 12. The van der Waals surface area contributed by atoms with Gasteiger partial charge in [0.1, 0.15) is 72.5 Å². The Labute approximate surface area is 610 Å². The van der Waals surface area contributed by atoms with E-state index in [1.54, 1.807) is 27.7 Å². The molecular formula is C72H129N17O14. The molecule has 23 N–H and O–H groups in total.